The van der Waals surface area contributed by atoms with Gasteiger partial charge in [-0.05, 0) is 25.0 Å². The van der Waals surface area contributed by atoms with Gasteiger partial charge in [0.25, 0.3) is 0 Å². The van der Waals surface area contributed by atoms with E-state index in [4.69, 9.17) is 11.0 Å². The molecule has 2 rings (SSSR count). The van der Waals surface area contributed by atoms with Crippen LogP contribution in [0.2, 0.25) is 0 Å². The summed E-state index contributed by atoms with van der Waals surface area (Å²) < 4.78 is 66.9. The number of rotatable bonds is 3. The number of nitrogens with zero attached hydrogens (tertiary/aromatic N) is 2. The number of hydrogen-bond donors (Lipinski definition) is 0. The average Bonchev–Trinajstić information content (AvgIpc) is 2.55. The van der Waals surface area contributed by atoms with E-state index in [1.807, 2.05) is 0 Å². The lowest BCUT2D eigenvalue weighted by molar-refractivity contribution is -0.693. The summed E-state index contributed by atoms with van der Waals surface area (Å²) in [4.78, 5) is 0. The molecule has 82 valence electrons. The smallest absolute Gasteiger partial charge is 0.169 e. The molecule has 0 aliphatic heterocycles. The summed E-state index contributed by atoms with van der Waals surface area (Å²) in [5, 5.41) is 0. The van der Waals surface area contributed by atoms with Crippen LogP contribution in [0.1, 0.15) is 24.8 Å². The normalized spacial score (nSPS) is 17.4. The van der Waals surface area contributed by atoms with Gasteiger partial charge in [-0.2, -0.15) is 0 Å². The van der Waals surface area contributed by atoms with Gasteiger partial charge >= 0.3 is 0 Å². The molecule has 0 N–H and O–H groups in total. The van der Waals surface area contributed by atoms with Gasteiger partial charge < -0.3 is 0 Å². The highest BCUT2D eigenvalue weighted by atomic mass is 14.9. The molecule has 0 saturated carbocycles. The highest BCUT2D eigenvalue weighted by Crippen LogP contribution is 2.15. The van der Waals surface area contributed by atoms with Gasteiger partial charge in [0.2, 0.25) is 0 Å². The Morgan fingerprint density at radius 2 is 1.12 bits per heavy atom. The zero-order chi connectivity index (χ0) is 18.3. The Morgan fingerprint density at radius 1 is 0.812 bits per heavy atom. The monoisotopic (exact) mass is 222 g/mol. The largest absolute Gasteiger partial charge is 0.205 e. The first kappa shape index (κ1) is 4.66. The average molecular weight is 222 g/mol. The van der Waals surface area contributed by atoms with Crippen molar-refractivity contribution < 1.29 is 20.1 Å². The van der Waals surface area contributed by atoms with Crippen molar-refractivity contribution in [2.75, 3.05) is 0 Å². The van der Waals surface area contributed by atoms with Gasteiger partial charge in [-0.1, -0.05) is 0 Å². The third kappa shape index (κ3) is 2.27. The van der Waals surface area contributed by atoms with E-state index in [-0.39, 0.29) is 73.1 Å². The van der Waals surface area contributed by atoms with Crippen LogP contribution in [-0.4, -0.2) is 0 Å². The fraction of sp³-hybridized carbons (Fsp3) is 0.286. The third-order valence-electron chi connectivity index (χ3n) is 2.15. The summed E-state index contributed by atoms with van der Waals surface area (Å²) in [6.07, 6.45) is -1.18. The maximum absolute atomic E-state index is 8.14. The van der Waals surface area contributed by atoms with Crippen molar-refractivity contribution in [3.05, 3.63) is 48.9 Å². The molecule has 2 aromatic heterocycles. The molecule has 2 heterocycles. The van der Waals surface area contributed by atoms with E-state index in [9.17, 15) is 0 Å². The molecule has 0 bridgehead atoms. The Morgan fingerprint density at radius 3 is 1.38 bits per heavy atom. The third-order valence-corrected chi connectivity index (χ3v) is 2.15. The Labute approximate surface area is 108 Å². The first-order valence-corrected chi connectivity index (χ1v) is 5.19. The van der Waals surface area contributed by atoms with Crippen LogP contribution in [0, 0.1) is 0 Å². The van der Waals surface area contributed by atoms with E-state index >= 15 is 0 Å². The summed E-state index contributed by atoms with van der Waals surface area (Å²) in [6, 6.07) is -1.53. The van der Waals surface area contributed by atoms with E-state index in [0.29, 0.717) is 0 Å². The van der Waals surface area contributed by atoms with Crippen molar-refractivity contribution in [1.82, 2.24) is 0 Å². The second-order valence-electron chi connectivity index (χ2n) is 3.19. The SMILES string of the molecule is [2H]c1c(-c2c([2H])c([2H])[n+](CC)c([2H])c2[2H])c([2H])c([2H])[n+](CC)c1[2H]. The van der Waals surface area contributed by atoms with E-state index in [1.165, 1.54) is 9.13 Å². The van der Waals surface area contributed by atoms with E-state index < -0.39 is 0 Å². The Hall–Kier alpha value is -1.70. The van der Waals surface area contributed by atoms with Gasteiger partial charge in [0.15, 0.2) is 24.7 Å². The minimum atomic E-state index is -0.382. The van der Waals surface area contributed by atoms with Crippen LogP contribution in [-0.2, 0) is 13.1 Å². The van der Waals surface area contributed by atoms with Crippen molar-refractivity contribution in [2.24, 2.45) is 0 Å². The quantitative estimate of drug-likeness (QED) is 0.702. The maximum Gasteiger partial charge on any atom is 0.169 e. The fourth-order valence-corrected chi connectivity index (χ4v) is 1.18. The number of hydrogen-bond acceptors (Lipinski definition) is 0. The minimum absolute atomic E-state index is 0.213. The number of aromatic nitrogens is 2. The molecular formula is C14H18N2+2. The molecule has 0 saturated heterocycles. The first-order chi connectivity index (χ1) is 11.2. The molecule has 0 unspecified atom stereocenters. The second kappa shape index (κ2) is 4.88. The van der Waals surface area contributed by atoms with E-state index in [1.54, 1.807) is 13.8 Å². The molecule has 0 aromatic carbocycles. The summed E-state index contributed by atoms with van der Waals surface area (Å²) in [6.45, 7) is 3.87. The predicted molar refractivity (Wildman–Crippen MR) is 63.6 cm³/mol. The predicted octanol–water partition coefficient (Wildman–Crippen LogP) is 1.97. The van der Waals surface area contributed by atoms with Gasteiger partial charge in [0, 0.05) is 24.2 Å². The zero-order valence-electron chi connectivity index (χ0n) is 17.3. The highest BCUT2D eigenvalue weighted by Gasteiger charge is 2.03. The molecule has 2 heteroatoms. The molecule has 0 amide bonds. The maximum atomic E-state index is 8.14. The van der Waals surface area contributed by atoms with Crippen LogP contribution in [0.4, 0.5) is 0 Å². The lowest BCUT2D eigenvalue weighted by Crippen LogP contribution is -2.31. The standard InChI is InChI=1S/C14H18N2/c1-3-15-9-5-13(6-10-15)14-7-11-16(4-2)12-8-14/h5-12H,3-4H2,1-2H3/q+2/i5D,6D,7D,8D,9D,10D,11D,12D. The van der Waals surface area contributed by atoms with Crippen molar-refractivity contribution in [2.45, 2.75) is 26.9 Å². The summed E-state index contributed by atoms with van der Waals surface area (Å²) in [5.74, 6) is 0. The van der Waals surface area contributed by atoms with Crippen LogP contribution < -0.4 is 9.13 Å². The van der Waals surface area contributed by atoms with Crippen molar-refractivity contribution >= 4 is 0 Å². The van der Waals surface area contributed by atoms with E-state index in [0.717, 1.165) is 0 Å². The molecule has 0 atom stereocenters. The van der Waals surface area contributed by atoms with Crippen LogP contribution in [0.15, 0.2) is 48.9 Å². The molecule has 16 heavy (non-hydrogen) atoms. The molecule has 0 fully saturated rings. The number of pyridine rings is 2. The van der Waals surface area contributed by atoms with Crippen molar-refractivity contribution in [3.8, 4) is 11.1 Å². The van der Waals surface area contributed by atoms with Crippen molar-refractivity contribution in [3.63, 3.8) is 0 Å². The molecule has 2 nitrogen and oxygen atoms in total. The molecule has 0 spiro atoms. The zero-order valence-corrected chi connectivity index (χ0v) is 9.31. The summed E-state index contributed by atoms with van der Waals surface area (Å²) >= 11 is 0. The minimum Gasteiger partial charge on any atom is -0.205 e. The first-order valence-electron chi connectivity index (χ1n) is 9.19. The highest BCUT2D eigenvalue weighted by molar-refractivity contribution is 5.60. The molecule has 0 aliphatic rings. The van der Waals surface area contributed by atoms with Gasteiger partial charge in [-0.15, -0.1) is 0 Å². The molecule has 0 aliphatic carbocycles. The Balaban J connectivity index is 2.99. The van der Waals surface area contributed by atoms with Gasteiger partial charge in [0.1, 0.15) is 18.6 Å². The molecule has 2 aromatic rings. The second-order valence-corrected chi connectivity index (χ2v) is 3.19. The lowest BCUT2D eigenvalue weighted by Gasteiger charge is -1.99. The van der Waals surface area contributed by atoms with Crippen LogP contribution in [0.5, 0.6) is 0 Å². The molecule has 0 radical (unpaired) electrons. The fourth-order valence-electron chi connectivity index (χ4n) is 1.18. The lowest BCUT2D eigenvalue weighted by atomic mass is 10.1. The van der Waals surface area contributed by atoms with Crippen LogP contribution in [0.25, 0.3) is 11.1 Å². The van der Waals surface area contributed by atoms with Crippen LogP contribution >= 0.6 is 0 Å². The van der Waals surface area contributed by atoms with Crippen LogP contribution in [0.3, 0.4) is 0 Å². The topological polar surface area (TPSA) is 7.76 Å². The summed E-state index contributed by atoms with van der Waals surface area (Å²) in [7, 11) is 0. The van der Waals surface area contributed by atoms with Gasteiger partial charge in [-0.25, -0.2) is 9.13 Å². The van der Waals surface area contributed by atoms with Gasteiger partial charge in [-0.3, -0.25) is 0 Å². The molecular weight excluding hydrogens is 196 g/mol. The summed E-state index contributed by atoms with van der Waals surface area (Å²) in [5.41, 5.74) is -0.426. The van der Waals surface area contributed by atoms with E-state index in [2.05, 4.69) is 0 Å². The van der Waals surface area contributed by atoms with Crippen molar-refractivity contribution in [1.29, 1.82) is 0 Å². The van der Waals surface area contributed by atoms with Gasteiger partial charge in [0.05, 0.1) is 5.48 Å². The Kier molecular flexibility index (Phi) is 1.42. The Bertz CT molecular complexity index is 707.